The number of rotatable bonds is 7. The van der Waals surface area contributed by atoms with E-state index in [0.717, 1.165) is 31.7 Å². The van der Waals surface area contributed by atoms with Crippen LogP contribution in [0.4, 0.5) is 4.39 Å². The van der Waals surface area contributed by atoms with Crippen molar-refractivity contribution in [2.45, 2.75) is 25.7 Å². The summed E-state index contributed by atoms with van der Waals surface area (Å²) in [6, 6.07) is 5.24. The van der Waals surface area contributed by atoms with Crippen LogP contribution < -0.4 is 5.32 Å². The van der Waals surface area contributed by atoms with Gasteiger partial charge in [0.2, 0.25) is 0 Å². The molecule has 2 nitrogen and oxygen atoms in total. The normalized spacial score (nSPS) is 11.8. The third kappa shape index (κ3) is 4.67. The molecule has 0 aliphatic rings. The van der Waals surface area contributed by atoms with Gasteiger partial charge >= 0.3 is 0 Å². The van der Waals surface area contributed by atoms with Crippen molar-refractivity contribution in [1.29, 1.82) is 0 Å². The molecule has 1 aromatic carbocycles. The molecule has 0 spiro atoms. The summed E-state index contributed by atoms with van der Waals surface area (Å²) >= 11 is 3.23. The van der Waals surface area contributed by atoms with E-state index in [9.17, 15) is 4.39 Å². The summed E-state index contributed by atoms with van der Waals surface area (Å²) in [5.41, 5.74) is 1.17. The quantitative estimate of drug-likeness (QED) is 0.777. The Morgan fingerprint density at radius 1 is 1.33 bits per heavy atom. The highest BCUT2D eigenvalue weighted by Gasteiger charge is 2.20. The van der Waals surface area contributed by atoms with Crippen molar-refractivity contribution in [3.05, 3.63) is 34.1 Å². The molecule has 0 aliphatic carbocycles. The van der Waals surface area contributed by atoms with Crippen LogP contribution in [0.2, 0.25) is 0 Å². The zero-order chi connectivity index (χ0) is 13.6. The topological polar surface area (TPSA) is 21.3 Å². The lowest BCUT2D eigenvalue weighted by atomic mass is 9.81. The van der Waals surface area contributed by atoms with E-state index in [-0.39, 0.29) is 11.2 Å². The number of benzene rings is 1. The van der Waals surface area contributed by atoms with Gasteiger partial charge in [0.25, 0.3) is 0 Å². The third-order valence-electron chi connectivity index (χ3n) is 3.11. The first kappa shape index (κ1) is 15.6. The Labute approximate surface area is 117 Å². The molecule has 0 unspecified atom stereocenters. The van der Waals surface area contributed by atoms with Gasteiger partial charge in [0.15, 0.2) is 0 Å². The van der Waals surface area contributed by atoms with Crippen LogP contribution in [0.5, 0.6) is 0 Å². The number of nitrogens with one attached hydrogen (secondary N) is 1. The molecule has 0 aromatic heterocycles. The first-order chi connectivity index (χ1) is 8.47. The highest BCUT2D eigenvalue weighted by Crippen LogP contribution is 2.29. The summed E-state index contributed by atoms with van der Waals surface area (Å²) in [5.74, 6) is -0.215. The fourth-order valence-corrected chi connectivity index (χ4v) is 2.14. The molecular formula is C14H21BrFNO. The summed E-state index contributed by atoms with van der Waals surface area (Å²) in [6.07, 6.45) is 0.995. The van der Waals surface area contributed by atoms with Crippen LogP contribution in [0.15, 0.2) is 22.7 Å². The largest absolute Gasteiger partial charge is 0.383 e. The van der Waals surface area contributed by atoms with Gasteiger partial charge in [0.05, 0.1) is 11.1 Å². The van der Waals surface area contributed by atoms with E-state index in [4.69, 9.17) is 4.74 Å². The van der Waals surface area contributed by atoms with Crippen molar-refractivity contribution in [3.8, 4) is 0 Å². The molecule has 0 atom stereocenters. The van der Waals surface area contributed by atoms with E-state index in [1.54, 1.807) is 7.11 Å². The summed E-state index contributed by atoms with van der Waals surface area (Å²) in [7, 11) is 1.70. The van der Waals surface area contributed by atoms with Gasteiger partial charge in [0.1, 0.15) is 5.82 Å². The molecule has 1 aromatic rings. The van der Waals surface area contributed by atoms with Crippen LogP contribution >= 0.6 is 15.9 Å². The Balaban J connectivity index is 2.54. The maximum atomic E-state index is 13.2. The minimum Gasteiger partial charge on any atom is -0.383 e. The number of ether oxygens (including phenoxy) is 1. The lowest BCUT2D eigenvalue weighted by molar-refractivity contribution is 0.198. The van der Waals surface area contributed by atoms with Gasteiger partial charge < -0.3 is 10.1 Å². The summed E-state index contributed by atoms with van der Waals surface area (Å²) in [5, 5.41) is 3.33. The highest BCUT2D eigenvalue weighted by molar-refractivity contribution is 9.10. The summed E-state index contributed by atoms with van der Waals surface area (Å²) in [6.45, 7) is 6.85. The van der Waals surface area contributed by atoms with Gasteiger partial charge in [-0.15, -0.1) is 0 Å². The average Bonchev–Trinajstić information content (AvgIpc) is 2.32. The highest BCUT2D eigenvalue weighted by atomic mass is 79.9. The third-order valence-corrected chi connectivity index (χ3v) is 3.72. The molecule has 0 saturated carbocycles. The lowest BCUT2D eigenvalue weighted by Gasteiger charge is -2.25. The van der Waals surface area contributed by atoms with Gasteiger partial charge in [-0.05, 0) is 52.0 Å². The Morgan fingerprint density at radius 3 is 2.67 bits per heavy atom. The molecule has 0 saturated heterocycles. The molecule has 1 rings (SSSR count). The van der Waals surface area contributed by atoms with Crippen LogP contribution in [0.25, 0.3) is 0 Å². The van der Waals surface area contributed by atoms with Gasteiger partial charge in [-0.25, -0.2) is 4.39 Å². The minimum absolute atomic E-state index is 0.0241. The summed E-state index contributed by atoms with van der Waals surface area (Å²) in [4.78, 5) is 0. The van der Waals surface area contributed by atoms with E-state index >= 15 is 0 Å². The molecule has 0 radical (unpaired) electrons. The minimum atomic E-state index is -0.215. The van der Waals surface area contributed by atoms with Crippen LogP contribution in [0.1, 0.15) is 25.8 Å². The molecule has 0 aliphatic heterocycles. The van der Waals surface area contributed by atoms with Crippen LogP contribution in [-0.2, 0) is 10.2 Å². The first-order valence-corrected chi connectivity index (χ1v) is 6.92. The molecule has 0 heterocycles. The second-order valence-electron chi connectivity index (χ2n) is 5.01. The Morgan fingerprint density at radius 2 is 2.06 bits per heavy atom. The molecule has 1 N–H and O–H groups in total. The number of hydrogen-bond acceptors (Lipinski definition) is 2. The number of halogens is 2. The second-order valence-corrected chi connectivity index (χ2v) is 5.86. The zero-order valence-corrected chi connectivity index (χ0v) is 12.8. The van der Waals surface area contributed by atoms with E-state index in [1.165, 1.54) is 6.07 Å². The predicted octanol–water partition coefficient (Wildman–Crippen LogP) is 3.49. The lowest BCUT2D eigenvalue weighted by Crippen LogP contribution is -2.27. The maximum absolute atomic E-state index is 13.2. The van der Waals surface area contributed by atoms with Crippen molar-refractivity contribution in [2.24, 2.45) is 0 Å². The monoisotopic (exact) mass is 317 g/mol. The Bertz CT molecular complexity index is 382. The van der Waals surface area contributed by atoms with Crippen molar-refractivity contribution in [1.82, 2.24) is 5.32 Å². The number of methoxy groups -OCH3 is 1. The van der Waals surface area contributed by atoms with Gasteiger partial charge in [-0.2, -0.15) is 0 Å². The average molecular weight is 318 g/mol. The predicted molar refractivity (Wildman–Crippen MR) is 76.5 cm³/mol. The van der Waals surface area contributed by atoms with Gasteiger partial charge in [-0.1, -0.05) is 19.9 Å². The fraction of sp³-hybridized carbons (Fsp3) is 0.571. The van der Waals surface area contributed by atoms with Gasteiger partial charge in [0, 0.05) is 13.7 Å². The zero-order valence-electron chi connectivity index (χ0n) is 11.2. The van der Waals surface area contributed by atoms with Crippen LogP contribution in [0.3, 0.4) is 0 Å². The van der Waals surface area contributed by atoms with E-state index < -0.39 is 0 Å². The molecular weight excluding hydrogens is 297 g/mol. The smallest absolute Gasteiger partial charge is 0.137 e. The van der Waals surface area contributed by atoms with E-state index in [0.29, 0.717) is 4.47 Å². The first-order valence-electron chi connectivity index (χ1n) is 6.12. The fourth-order valence-electron chi connectivity index (χ4n) is 1.76. The number of hydrogen-bond donors (Lipinski definition) is 1. The summed E-state index contributed by atoms with van der Waals surface area (Å²) < 4.78 is 18.7. The van der Waals surface area contributed by atoms with E-state index in [1.807, 2.05) is 12.1 Å². The second kappa shape index (κ2) is 7.22. The maximum Gasteiger partial charge on any atom is 0.137 e. The van der Waals surface area contributed by atoms with Crippen molar-refractivity contribution < 1.29 is 9.13 Å². The van der Waals surface area contributed by atoms with Crippen molar-refractivity contribution >= 4 is 15.9 Å². The van der Waals surface area contributed by atoms with E-state index in [2.05, 4.69) is 35.1 Å². The molecule has 102 valence electrons. The van der Waals surface area contributed by atoms with Gasteiger partial charge in [-0.3, -0.25) is 0 Å². The van der Waals surface area contributed by atoms with Crippen LogP contribution in [-0.4, -0.2) is 26.8 Å². The Kier molecular flexibility index (Phi) is 6.26. The Hall–Kier alpha value is -0.450. The van der Waals surface area contributed by atoms with Crippen LogP contribution in [0, 0.1) is 5.82 Å². The van der Waals surface area contributed by atoms with Crippen molar-refractivity contribution in [3.63, 3.8) is 0 Å². The molecule has 0 bridgehead atoms. The molecule has 0 fully saturated rings. The molecule has 18 heavy (non-hydrogen) atoms. The standard InChI is InChI=1S/C14H21BrFNO/c1-14(2,6-7-17-8-9-18-3)11-4-5-13(16)12(15)10-11/h4-5,10,17H,6-9H2,1-3H3. The van der Waals surface area contributed by atoms with Crippen molar-refractivity contribution in [2.75, 3.05) is 26.8 Å². The molecule has 4 heteroatoms. The molecule has 0 amide bonds. The SMILES string of the molecule is COCCNCCC(C)(C)c1ccc(F)c(Br)c1.